The Morgan fingerprint density at radius 3 is 2.70 bits per heavy atom. The third kappa shape index (κ3) is 4.35. The van der Waals surface area contributed by atoms with Crippen LogP contribution in [0, 0.1) is 17.3 Å². The van der Waals surface area contributed by atoms with Gasteiger partial charge in [0.2, 0.25) is 0 Å². The molecular formula is C30H25N9O. The summed E-state index contributed by atoms with van der Waals surface area (Å²) >= 11 is 0. The lowest BCUT2D eigenvalue weighted by Crippen LogP contribution is -2.32. The number of hydrogen-bond donors (Lipinski definition) is 3. The molecule has 1 atom stereocenters. The Morgan fingerprint density at radius 2 is 1.93 bits per heavy atom. The van der Waals surface area contributed by atoms with Gasteiger partial charge in [0, 0.05) is 48.0 Å². The number of nitrogen functional groups attached to an aromatic ring is 1. The SMILES string of the molecule is CC(NC(=O)c1c(N)nn2cccnc12)c1cc2cccc(C#Cc3cnn(C)c3)c2c(=N)n1-c1ccccc1. The molecule has 0 spiro atoms. The van der Waals surface area contributed by atoms with Gasteiger partial charge in [0.05, 0.1) is 17.8 Å². The summed E-state index contributed by atoms with van der Waals surface area (Å²) in [5, 5.41) is 22.3. The fourth-order valence-electron chi connectivity index (χ4n) is 4.79. The van der Waals surface area contributed by atoms with Gasteiger partial charge in [0.1, 0.15) is 11.1 Å². The van der Waals surface area contributed by atoms with E-state index in [4.69, 9.17) is 5.73 Å². The number of nitrogens with zero attached hydrogens (tertiary/aromatic N) is 6. The summed E-state index contributed by atoms with van der Waals surface area (Å²) in [7, 11) is 1.84. The maximum atomic E-state index is 13.4. The van der Waals surface area contributed by atoms with Crippen LogP contribution in [0.4, 0.5) is 5.82 Å². The Labute approximate surface area is 229 Å². The average molecular weight is 528 g/mol. The van der Waals surface area contributed by atoms with Crippen LogP contribution in [0.1, 0.15) is 40.1 Å². The Morgan fingerprint density at radius 1 is 1.10 bits per heavy atom. The second-order valence-electron chi connectivity index (χ2n) is 9.35. The number of pyridine rings is 1. The molecule has 0 bridgehead atoms. The van der Waals surface area contributed by atoms with Gasteiger partial charge >= 0.3 is 0 Å². The van der Waals surface area contributed by atoms with E-state index in [1.165, 1.54) is 4.52 Å². The van der Waals surface area contributed by atoms with Crippen molar-refractivity contribution >= 4 is 28.1 Å². The van der Waals surface area contributed by atoms with Crippen molar-refractivity contribution in [3.63, 3.8) is 0 Å². The van der Waals surface area contributed by atoms with Gasteiger partial charge in [-0.15, -0.1) is 5.10 Å². The summed E-state index contributed by atoms with van der Waals surface area (Å²) in [6.45, 7) is 1.87. The smallest absolute Gasteiger partial charge is 0.259 e. The van der Waals surface area contributed by atoms with Crippen molar-refractivity contribution in [3.8, 4) is 17.5 Å². The van der Waals surface area contributed by atoms with Crippen LogP contribution in [-0.2, 0) is 7.05 Å². The van der Waals surface area contributed by atoms with E-state index in [0.717, 1.165) is 27.9 Å². The highest BCUT2D eigenvalue weighted by atomic mass is 16.1. The molecule has 0 radical (unpaired) electrons. The number of benzene rings is 2. The second-order valence-corrected chi connectivity index (χ2v) is 9.35. The topological polar surface area (TPSA) is 132 Å². The highest BCUT2D eigenvalue weighted by Gasteiger charge is 2.23. The minimum Gasteiger partial charge on any atom is -0.381 e. The van der Waals surface area contributed by atoms with Gasteiger partial charge in [-0.25, -0.2) is 9.50 Å². The first-order valence-electron chi connectivity index (χ1n) is 12.6. The van der Waals surface area contributed by atoms with E-state index in [0.29, 0.717) is 11.0 Å². The molecule has 4 N–H and O–H groups in total. The molecule has 1 unspecified atom stereocenters. The van der Waals surface area contributed by atoms with Crippen molar-refractivity contribution < 1.29 is 4.79 Å². The van der Waals surface area contributed by atoms with E-state index in [1.807, 2.05) is 79.3 Å². The van der Waals surface area contributed by atoms with Gasteiger partial charge < -0.3 is 11.1 Å². The number of rotatable bonds is 4. The summed E-state index contributed by atoms with van der Waals surface area (Å²) in [5.41, 5.74) is 9.95. The maximum absolute atomic E-state index is 13.4. The Bertz CT molecular complexity index is 2020. The molecule has 0 aliphatic rings. The molecule has 4 aromatic heterocycles. The number of anilines is 1. The molecule has 0 saturated carbocycles. The van der Waals surface area contributed by atoms with Gasteiger partial charge in [-0.1, -0.05) is 42.2 Å². The maximum Gasteiger partial charge on any atom is 0.259 e. The summed E-state index contributed by atoms with van der Waals surface area (Å²) in [6, 6.07) is 18.6. The number of amides is 1. The largest absolute Gasteiger partial charge is 0.381 e. The van der Waals surface area contributed by atoms with E-state index < -0.39 is 11.9 Å². The number of aromatic nitrogens is 6. The fraction of sp³-hybridized carbons (Fsp3) is 0.100. The van der Waals surface area contributed by atoms with Gasteiger partial charge in [0.15, 0.2) is 11.5 Å². The molecule has 6 aromatic rings. The van der Waals surface area contributed by atoms with Crippen molar-refractivity contribution in [1.29, 1.82) is 5.41 Å². The first-order chi connectivity index (χ1) is 19.4. The number of fused-ring (bicyclic) bond motifs is 2. The standard InChI is InChI=1S/C30H25N9O/c1-19(35-30(40)26-27(31)36-38-15-7-14-33-29(26)38)24-16-22-9-6-8-21(13-12-20-17-34-37(2)18-20)25(22)28(32)39(24)23-10-4-3-5-11-23/h3-11,14-19,32H,1-2H3,(H2,31,36)(H,35,40). The van der Waals surface area contributed by atoms with Gasteiger partial charge in [0.25, 0.3) is 5.91 Å². The van der Waals surface area contributed by atoms with Crippen molar-refractivity contribution in [3.05, 3.63) is 113 Å². The summed E-state index contributed by atoms with van der Waals surface area (Å²) < 4.78 is 5.01. The molecule has 40 heavy (non-hydrogen) atoms. The molecule has 0 aliphatic carbocycles. The summed E-state index contributed by atoms with van der Waals surface area (Å²) in [6.07, 6.45) is 6.83. The summed E-state index contributed by atoms with van der Waals surface area (Å²) in [4.78, 5) is 17.7. The molecule has 0 aliphatic heterocycles. The molecule has 6 rings (SSSR count). The molecule has 196 valence electrons. The van der Waals surface area contributed by atoms with E-state index >= 15 is 0 Å². The van der Waals surface area contributed by atoms with Crippen LogP contribution in [0.25, 0.3) is 22.1 Å². The number of nitrogens with two attached hydrogens (primary N) is 1. The van der Waals surface area contributed by atoms with Crippen LogP contribution >= 0.6 is 0 Å². The number of nitrogens with one attached hydrogen (secondary N) is 2. The van der Waals surface area contributed by atoms with Crippen molar-refractivity contribution in [2.75, 3.05) is 5.73 Å². The lowest BCUT2D eigenvalue weighted by Gasteiger charge is -2.22. The van der Waals surface area contributed by atoms with Crippen LogP contribution < -0.4 is 16.5 Å². The minimum absolute atomic E-state index is 0.0934. The monoisotopic (exact) mass is 527 g/mol. The first kappa shape index (κ1) is 24.6. The van der Waals surface area contributed by atoms with Gasteiger partial charge in [-0.2, -0.15) is 5.10 Å². The number of carbonyl (C=O) groups excluding carboxylic acids is 1. The molecule has 10 heteroatoms. The predicted octanol–water partition coefficient (Wildman–Crippen LogP) is 3.36. The van der Waals surface area contributed by atoms with Crippen molar-refractivity contribution in [1.82, 2.24) is 34.3 Å². The van der Waals surface area contributed by atoms with Crippen LogP contribution in [-0.4, -0.2) is 34.9 Å². The highest BCUT2D eigenvalue weighted by Crippen LogP contribution is 2.24. The predicted molar refractivity (Wildman–Crippen MR) is 152 cm³/mol. The average Bonchev–Trinajstić information content (AvgIpc) is 3.53. The van der Waals surface area contributed by atoms with Gasteiger partial charge in [-0.05, 0) is 42.6 Å². The number of para-hydroxylation sites is 1. The van der Waals surface area contributed by atoms with E-state index in [9.17, 15) is 10.2 Å². The zero-order valence-electron chi connectivity index (χ0n) is 21.8. The summed E-state index contributed by atoms with van der Waals surface area (Å²) in [5.74, 6) is 6.07. The molecule has 1 amide bonds. The van der Waals surface area contributed by atoms with Crippen LogP contribution in [0.2, 0.25) is 0 Å². The van der Waals surface area contributed by atoms with E-state index in [1.54, 1.807) is 29.3 Å². The highest BCUT2D eigenvalue weighted by molar-refractivity contribution is 6.04. The minimum atomic E-state index is -0.496. The fourth-order valence-corrected chi connectivity index (χ4v) is 4.79. The molecule has 10 nitrogen and oxygen atoms in total. The zero-order chi connectivity index (χ0) is 27.8. The Balaban J connectivity index is 1.48. The van der Waals surface area contributed by atoms with Crippen LogP contribution in [0.3, 0.4) is 0 Å². The third-order valence-electron chi connectivity index (χ3n) is 6.62. The quantitative estimate of drug-likeness (QED) is 0.303. The number of carbonyl (C=O) groups is 1. The number of hydrogen-bond acceptors (Lipinski definition) is 6. The zero-order valence-corrected chi connectivity index (χ0v) is 21.8. The Hall–Kier alpha value is -5.69. The van der Waals surface area contributed by atoms with Gasteiger partial charge in [-0.3, -0.25) is 19.5 Å². The molecule has 0 fully saturated rings. The van der Waals surface area contributed by atoms with Crippen LogP contribution in [0.5, 0.6) is 0 Å². The molecule has 4 heterocycles. The van der Waals surface area contributed by atoms with E-state index in [-0.39, 0.29) is 16.9 Å². The molecular weight excluding hydrogens is 502 g/mol. The van der Waals surface area contributed by atoms with Crippen LogP contribution in [0.15, 0.2) is 85.5 Å². The van der Waals surface area contributed by atoms with Crippen molar-refractivity contribution in [2.24, 2.45) is 7.05 Å². The van der Waals surface area contributed by atoms with E-state index in [2.05, 4.69) is 32.3 Å². The Kier molecular flexibility index (Phi) is 6.09. The normalized spacial score (nSPS) is 11.8. The second kappa shape index (κ2) is 9.89. The molecule has 0 saturated heterocycles. The lowest BCUT2D eigenvalue weighted by molar-refractivity contribution is 0.0941. The number of aryl methyl sites for hydroxylation is 1. The van der Waals surface area contributed by atoms with Crippen molar-refractivity contribution in [2.45, 2.75) is 13.0 Å². The first-order valence-corrected chi connectivity index (χ1v) is 12.6. The third-order valence-corrected chi connectivity index (χ3v) is 6.62. The molecule has 2 aromatic carbocycles. The lowest BCUT2D eigenvalue weighted by atomic mass is 10.0.